The summed E-state index contributed by atoms with van der Waals surface area (Å²) in [5.41, 5.74) is 5.53. The normalized spacial score (nSPS) is 15.7. The van der Waals surface area contributed by atoms with Crippen molar-refractivity contribution in [3.63, 3.8) is 0 Å². The zero-order valence-electron chi connectivity index (χ0n) is 9.91. The van der Waals surface area contributed by atoms with Crippen LogP contribution in [0.3, 0.4) is 0 Å². The van der Waals surface area contributed by atoms with Crippen molar-refractivity contribution < 1.29 is 9.53 Å². The predicted octanol–water partition coefficient (Wildman–Crippen LogP) is 1.80. The Morgan fingerprint density at radius 3 is 1.93 bits per heavy atom. The lowest BCUT2D eigenvalue weighted by Gasteiger charge is -2.22. The Kier molecular flexibility index (Phi) is 5.77. The number of nitrogens with two attached hydrogens (primary N) is 1. The SMILES string of the molecule is CC(C)C(C)OC(=O)C(CN)C(C)C. The molecule has 0 heterocycles. The van der Waals surface area contributed by atoms with Gasteiger partial charge < -0.3 is 10.5 Å². The van der Waals surface area contributed by atoms with Crippen molar-refractivity contribution in [2.24, 2.45) is 23.5 Å². The van der Waals surface area contributed by atoms with Crippen molar-refractivity contribution in [3.8, 4) is 0 Å². The van der Waals surface area contributed by atoms with Gasteiger partial charge in [-0.3, -0.25) is 4.79 Å². The van der Waals surface area contributed by atoms with Crippen LogP contribution in [0.4, 0.5) is 0 Å². The van der Waals surface area contributed by atoms with E-state index in [0.717, 1.165) is 0 Å². The summed E-state index contributed by atoms with van der Waals surface area (Å²) in [6, 6.07) is 0. The average Bonchev–Trinajstić information content (AvgIpc) is 2.04. The Bertz CT molecular complexity index is 178. The minimum absolute atomic E-state index is 0.0321. The molecular formula is C11H23NO2. The highest BCUT2D eigenvalue weighted by molar-refractivity contribution is 5.73. The third-order valence-corrected chi connectivity index (χ3v) is 2.60. The molecule has 0 saturated heterocycles. The summed E-state index contributed by atoms with van der Waals surface area (Å²) < 4.78 is 5.31. The van der Waals surface area contributed by atoms with Crippen molar-refractivity contribution in [2.45, 2.75) is 40.7 Å². The molecule has 0 fully saturated rings. The van der Waals surface area contributed by atoms with E-state index in [-0.39, 0.29) is 23.9 Å². The van der Waals surface area contributed by atoms with Crippen LogP contribution < -0.4 is 5.73 Å². The minimum atomic E-state index is -0.170. The van der Waals surface area contributed by atoms with Gasteiger partial charge in [-0.1, -0.05) is 27.7 Å². The number of ether oxygens (including phenoxy) is 1. The second kappa shape index (κ2) is 6.02. The first-order valence-electron chi connectivity index (χ1n) is 5.30. The predicted molar refractivity (Wildman–Crippen MR) is 57.8 cm³/mol. The molecule has 0 saturated carbocycles. The number of esters is 1. The highest BCUT2D eigenvalue weighted by Gasteiger charge is 2.24. The number of hydrogen-bond acceptors (Lipinski definition) is 3. The molecule has 14 heavy (non-hydrogen) atoms. The Hall–Kier alpha value is -0.570. The number of carbonyl (C=O) groups is 1. The van der Waals surface area contributed by atoms with Gasteiger partial charge in [-0.25, -0.2) is 0 Å². The lowest BCUT2D eigenvalue weighted by atomic mass is 9.96. The molecule has 0 aliphatic carbocycles. The van der Waals surface area contributed by atoms with Gasteiger partial charge in [0, 0.05) is 6.54 Å². The lowest BCUT2D eigenvalue weighted by Crippen LogP contribution is -2.33. The van der Waals surface area contributed by atoms with E-state index >= 15 is 0 Å². The van der Waals surface area contributed by atoms with Gasteiger partial charge in [-0.15, -0.1) is 0 Å². The van der Waals surface area contributed by atoms with Crippen LogP contribution in [0, 0.1) is 17.8 Å². The highest BCUT2D eigenvalue weighted by Crippen LogP contribution is 2.14. The van der Waals surface area contributed by atoms with Crippen molar-refractivity contribution >= 4 is 5.97 Å². The second-order valence-electron chi connectivity index (χ2n) is 4.47. The van der Waals surface area contributed by atoms with Gasteiger partial charge in [0.25, 0.3) is 0 Å². The maximum atomic E-state index is 11.6. The molecule has 84 valence electrons. The molecule has 0 rings (SSSR count). The third-order valence-electron chi connectivity index (χ3n) is 2.60. The quantitative estimate of drug-likeness (QED) is 0.690. The van der Waals surface area contributed by atoms with Crippen LogP contribution in [0.15, 0.2) is 0 Å². The van der Waals surface area contributed by atoms with Crippen molar-refractivity contribution in [1.82, 2.24) is 0 Å². The molecule has 0 amide bonds. The fourth-order valence-electron chi connectivity index (χ4n) is 1.05. The van der Waals surface area contributed by atoms with E-state index in [1.807, 2.05) is 34.6 Å². The molecule has 0 spiro atoms. The fraction of sp³-hybridized carbons (Fsp3) is 0.909. The zero-order chi connectivity index (χ0) is 11.3. The van der Waals surface area contributed by atoms with E-state index in [1.54, 1.807) is 0 Å². The summed E-state index contributed by atoms with van der Waals surface area (Å²) >= 11 is 0. The first-order valence-corrected chi connectivity index (χ1v) is 5.30. The summed E-state index contributed by atoms with van der Waals surface area (Å²) in [6.07, 6.45) is -0.0321. The van der Waals surface area contributed by atoms with Crippen LogP contribution in [0.25, 0.3) is 0 Å². The first kappa shape index (κ1) is 13.4. The van der Waals surface area contributed by atoms with Crippen LogP contribution in [-0.4, -0.2) is 18.6 Å². The average molecular weight is 201 g/mol. The molecule has 0 aromatic rings. The number of carbonyl (C=O) groups excluding carboxylic acids is 1. The standard InChI is InChI=1S/C11H23NO2/c1-7(2)9(5)14-11(13)10(6-12)8(3)4/h7-10H,6,12H2,1-5H3. The molecule has 0 aromatic carbocycles. The van der Waals surface area contributed by atoms with E-state index in [9.17, 15) is 4.79 Å². The van der Waals surface area contributed by atoms with Gasteiger partial charge in [0.2, 0.25) is 0 Å². The molecule has 0 radical (unpaired) electrons. The van der Waals surface area contributed by atoms with E-state index in [0.29, 0.717) is 12.5 Å². The second-order valence-corrected chi connectivity index (χ2v) is 4.47. The molecule has 0 bridgehead atoms. The summed E-state index contributed by atoms with van der Waals surface area (Å²) in [5, 5.41) is 0. The van der Waals surface area contributed by atoms with E-state index in [4.69, 9.17) is 10.5 Å². The number of rotatable bonds is 5. The summed E-state index contributed by atoms with van der Waals surface area (Å²) in [7, 11) is 0. The Balaban J connectivity index is 4.18. The third kappa shape index (κ3) is 4.09. The van der Waals surface area contributed by atoms with Crippen molar-refractivity contribution in [2.75, 3.05) is 6.54 Å². The fourth-order valence-corrected chi connectivity index (χ4v) is 1.05. The summed E-state index contributed by atoms with van der Waals surface area (Å²) in [4.78, 5) is 11.6. The summed E-state index contributed by atoms with van der Waals surface area (Å²) in [6.45, 7) is 10.3. The van der Waals surface area contributed by atoms with Gasteiger partial charge >= 0.3 is 5.97 Å². The lowest BCUT2D eigenvalue weighted by molar-refractivity contribution is -0.156. The molecule has 0 aliphatic rings. The molecule has 2 unspecified atom stereocenters. The molecule has 2 N–H and O–H groups in total. The smallest absolute Gasteiger partial charge is 0.310 e. The zero-order valence-corrected chi connectivity index (χ0v) is 9.91. The Morgan fingerprint density at radius 1 is 1.14 bits per heavy atom. The van der Waals surface area contributed by atoms with E-state index in [1.165, 1.54) is 0 Å². The van der Waals surface area contributed by atoms with Crippen molar-refractivity contribution in [3.05, 3.63) is 0 Å². The van der Waals surface area contributed by atoms with Crippen LogP contribution >= 0.6 is 0 Å². The van der Waals surface area contributed by atoms with Gasteiger partial charge in [-0.2, -0.15) is 0 Å². The molecule has 2 atom stereocenters. The monoisotopic (exact) mass is 201 g/mol. The topological polar surface area (TPSA) is 52.3 Å². The van der Waals surface area contributed by atoms with Crippen LogP contribution in [-0.2, 0) is 9.53 Å². The summed E-state index contributed by atoms with van der Waals surface area (Å²) in [5.74, 6) is 0.260. The number of hydrogen-bond donors (Lipinski definition) is 1. The molecule has 3 heteroatoms. The minimum Gasteiger partial charge on any atom is -0.462 e. The maximum absolute atomic E-state index is 11.6. The molecule has 0 aromatic heterocycles. The van der Waals surface area contributed by atoms with Gasteiger partial charge in [0.1, 0.15) is 6.10 Å². The van der Waals surface area contributed by atoms with Crippen LogP contribution in [0.1, 0.15) is 34.6 Å². The van der Waals surface area contributed by atoms with Gasteiger partial charge in [0.05, 0.1) is 5.92 Å². The van der Waals surface area contributed by atoms with Crippen LogP contribution in [0.2, 0.25) is 0 Å². The first-order chi connectivity index (χ1) is 6.40. The molecular weight excluding hydrogens is 178 g/mol. The van der Waals surface area contributed by atoms with Crippen molar-refractivity contribution in [1.29, 1.82) is 0 Å². The molecule has 3 nitrogen and oxygen atoms in total. The Morgan fingerprint density at radius 2 is 1.64 bits per heavy atom. The largest absolute Gasteiger partial charge is 0.462 e. The van der Waals surface area contributed by atoms with E-state index in [2.05, 4.69) is 0 Å². The van der Waals surface area contributed by atoms with Gasteiger partial charge in [-0.05, 0) is 18.8 Å². The molecule has 0 aliphatic heterocycles. The van der Waals surface area contributed by atoms with Crippen LogP contribution in [0.5, 0.6) is 0 Å². The van der Waals surface area contributed by atoms with E-state index < -0.39 is 0 Å². The maximum Gasteiger partial charge on any atom is 0.310 e. The van der Waals surface area contributed by atoms with Gasteiger partial charge in [0.15, 0.2) is 0 Å². The highest BCUT2D eigenvalue weighted by atomic mass is 16.5. The Labute approximate surface area is 87.0 Å².